The van der Waals surface area contributed by atoms with E-state index in [-0.39, 0.29) is 24.0 Å². The molecule has 1 aromatic carbocycles. The summed E-state index contributed by atoms with van der Waals surface area (Å²) in [5.74, 6) is -0.888. The van der Waals surface area contributed by atoms with Gasteiger partial charge in [-0.1, -0.05) is 44.5 Å². The highest BCUT2D eigenvalue weighted by atomic mass is 35.5. The molecule has 1 fully saturated rings. The van der Waals surface area contributed by atoms with Crippen molar-refractivity contribution in [3.63, 3.8) is 0 Å². The van der Waals surface area contributed by atoms with Gasteiger partial charge in [-0.2, -0.15) is 5.10 Å². The molecule has 1 atom stereocenters. The number of hydrogen-bond donors (Lipinski definition) is 4. The summed E-state index contributed by atoms with van der Waals surface area (Å²) in [5.41, 5.74) is 5.85. The molecule has 5 N–H and O–H groups in total. The predicted octanol–water partition coefficient (Wildman–Crippen LogP) is 1.77. The van der Waals surface area contributed by atoms with Crippen molar-refractivity contribution in [1.82, 2.24) is 25.1 Å². The van der Waals surface area contributed by atoms with E-state index >= 15 is 0 Å². The van der Waals surface area contributed by atoms with Gasteiger partial charge in [0.05, 0.1) is 15.8 Å². The molecular formula is C23H35ClN6O4S. The zero-order chi connectivity index (χ0) is 25.8. The minimum Gasteiger partial charge on any atom is -0.353 e. The summed E-state index contributed by atoms with van der Waals surface area (Å²) in [6.45, 7) is 6.85. The fourth-order valence-electron chi connectivity index (χ4n) is 3.78. The highest BCUT2D eigenvalue weighted by molar-refractivity contribution is 7.90. The van der Waals surface area contributed by atoms with Crippen LogP contribution in [-0.4, -0.2) is 60.9 Å². The van der Waals surface area contributed by atoms with Crippen molar-refractivity contribution in [2.24, 2.45) is 11.1 Å². The largest absolute Gasteiger partial charge is 0.353 e. The second kappa shape index (κ2) is 11.2. The van der Waals surface area contributed by atoms with Gasteiger partial charge in [0.2, 0.25) is 15.9 Å². The molecule has 1 aromatic heterocycles. The van der Waals surface area contributed by atoms with Gasteiger partial charge in [0.25, 0.3) is 5.91 Å². The molecule has 2 amide bonds. The first kappa shape index (κ1) is 27.4. The topological polar surface area (TPSA) is 148 Å². The van der Waals surface area contributed by atoms with Crippen LogP contribution < -0.4 is 21.1 Å². The minimum absolute atomic E-state index is 0.0890. The third-order valence-electron chi connectivity index (χ3n) is 5.85. The van der Waals surface area contributed by atoms with Gasteiger partial charge >= 0.3 is 0 Å². The number of para-hydroxylation sites is 1. The Morgan fingerprint density at radius 3 is 2.57 bits per heavy atom. The number of nitrogens with one attached hydrogen (secondary N) is 3. The lowest BCUT2D eigenvalue weighted by atomic mass is 9.86. The second-order valence-electron chi connectivity index (χ2n) is 9.91. The maximum absolute atomic E-state index is 13.3. The number of carbonyl (C=O) groups excluding carboxylic acids is 2. The first-order chi connectivity index (χ1) is 16.5. The molecule has 0 spiro atoms. The van der Waals surface area contributed by atoms with Crippen molar-refractivity contribution in [3.05, 3.63) is 28.9 Å². The van der Waals surface area contributed by atoms with Gasteiger partial charge in [-0.3, -0.25) is 14.3 Å². The van der Waals surface area contributed by atoms with Gasteiger partial charge in [-0.15, -0.1) is 0 Å². The SMILES string of the molecule is CC(C)(C)C(NC(=O)c1nn(CCCCN)c2c(Cl)cccc12)C(=O)NCCNS(=O)(=O)C1CC1. The number of fused-ring (bicyclic) bond motifs is 1. The van der Waals surface area contributed by atoms with Crippen LogP contribution in [0, 0.1) is 5.41 Å². The summed E-state index contributed by atoms with van der Waals surface area (Å²) < 4.78 is 28.1. The van der Waals surface area contributed by atoms with Crippen LogP contribution in [0.25, 0.3) is 10.9 Å². The molecule has 2 aromatic rings. The van der Waals surface area contributed by atoms with Crippen molar-refractivity contribution in [1.29, 1.82) is 0 Å². The predicted molar refractivity (Wildman–Crippen MR) is 137 cm³/mol. The van der Waals surface area contributed by atoms with E-state index in [2.05, 4.69) is 20.5 Å². The monoisotopic (exact) mass is 526 g/mol. The number of aryl methyl sites for hydroxylation is 1. The maximum atomic E-state index is 13.3. The number of nitrogens with two attached hydrogens (primary N) is 1. The van der Waals surface area contributed by atoms with Crippen LogP contribution in [0.2, 0.25) is 5.02 Å². The van der Waals surface area contributed by atoms with Crippen LogP contribution in [0.15, 0.2) is 18.2 Å². The first-order valence-electron chi connectivity index (χ1n) is 11.9. The Morgan fingerprint density at radius 1 is 1.23 bits per heavy atom. The summed E-state index contributed by atoms with van der Waals surface area (Å²) in [6, 6.07) is 4.41. The Morgan fingerprint density at radius 2 is 1.94 bits per heavy atom. The molecule has 35 heavy (non-hydrogen) atoms. The molecule has 194 valence electrons. The van der Waals surface area contributed by atoms with E-state index in [4.69, 9.17) is 17.3 Å². The van der Waals surface area contributed by atoms with E-state index in [0.717, 1.165) is 12.8 Å². The number of hydrogen-bond acceptors (Lipinski definition) is 6. The number of sulfonamides is 1. The van der Waals surface area contributed by atoms with E-state index in [1.807, 2.05) is 20.8 Å². The third-order valence-corrected chi connectivity index (χ3v) is 8.11. The summed E-state index contributed by atoms with van der Waals surface area (Å²) >= 11 is 6.42. The van der Waals surface area contributed by atoms with Crippen molar-refractivity contribution < 1.29 is 18.0 Å². The Labute approximate surface area is 211 Å². The van der Waals surface area contributed by atoms with Crippen molar-refractivity contribution in [2.75, 3.05) is 19.6 Å². The van der Waals surface area contributed by atoms with Crippen LogP contribution in [0.5, 0.6) is 0 Å². The van der Waals surface area contributed by atoms with Gasteiger partial charge < -0.3 is 16.4 Å². The van der Waals surface area contributed by atoms with E-state index in [0.29, 0.717) is 41.9 Å². The van der Waals surface area contributed by atoms with Gasteiger partial charge in [0, 0.05) is 25.0 Å². The average molecular weight is 527 g/mol. The molecular weight excluding hydrogens is 492 g/mol. The van der Waals surface area contributed by atoms with Crippen molar-refractivity contribution in [2.45, 2.75) is 64.3 Å². The summed E-state index contributed by atoms with van der Waals surface area (Å²) in [6.07, 6.45) is 2.94. The van der Waals surface area contributed by atoms with Crippen LogP contribution in [0.3, 0.4) is 0 Å². The molecule has 0 radical (unpaired) electrons. The Hall–Kier alpha value is -2.21. The Kier molecular flexibility index (Phi) is 8.79. The molecule has 1 aliphatic rings. The molecule has 1 aliphatic carbocycles. The molecule has 0 aliphatic heterocycles. The average Bonchev–Trinajstić information content (AvgIpc) is 3.57. The summed E-state index contributed by atoms with van der Waals surface area (Å²) in [4.78, 5) is 26.3. The zero-order valence-electron chi connectivity index (χ0n) is 20.4. The lowest BCUT2D eigenvalue weighted by molar-refractivity contribution is -0.125. The normalized spacial score (nSPS) is 15.2. The summed E-state index contributed by atoms with van der Waals surface area (Å²) in [5, 5.41) is 10.8. The second-order valence-corrected chi connectivity index (χ2v) is 12.4. The molecule has 1 unspecified atom stereocenters. The lowest BCUT2D eigenvalue weighted by Crippen LogP contribution is -2.54. The number of rotatable bonds is 12. The number of nitrogens with zero attached hydrogens (tertiary/aromatic N) is 2. The number of amides is 2. The fourth-order valence-corrected chi connectivity index (χ4v) is 5.43. The standard InChI is InChI=1S/C23H35ClN6O4S/c1-23(2,3)20(22(32)26-12-13-27-35(33,34)15-9-10-15)28-21(31)18-16-7-6-8-17(24)19(16)30(29-18)14-5-4-11-25/h6-8,15,20,27H,4-5,9-14,25H2,1-3H3,(H,26,32)(H,28,31). The van der Waals surface area contributed by atoms with E-state index in [1.54, 1.807) is 22.9 Å². The highest BCUT2D eigenvalue weighted by Crippen LogP contribution is 2.28. The van der Waals surface area contributed by atoms with E-state index in [1.165, 1.54) is 0 Å². The quantitative estimate of drug-likeness (QED) is 0.310. The van der Waals surface area contributed by atoms with E-state index < -0.39 is 33.3 Å². The lowest BCUT2D eigenvalue weighted by Gasteiger charge is -2.30. The number of benzene rings is 1. The van der Waals surface area contributed by atoms with Crippen LogP contribution in [0.1, 0.15) is 56.9 Å². The molecule has 0 bridgehead atoms. The summed E-state index contributed by atoms with van der Waals surface area (Å²) in [7, 11) is -3.32. The van der Waals surface area contributed by atoms with Crippen LogP contribution >= 0.6 is 11.6 Å². The molecule has 0 saturated heterocycles. The fraction of sp³-hybridized carbons (Fsp3) is 0.609. The van der Waals surface area contributed by atoms with Crippen molar-refractivity contribution >= 4 is 44.3 Å². The van der Waals surface area contributed by atoms with Gasteiger partial charge in [-0.25, -0.2) is 13.1 Å². The van der Waals surface area contributed by atoms with Gasteiger partial charge in [0.1, 0.15) is 6.04 Å². The number of carbonyl (C=O) groups is 2. The van der Waals surface area contributed by atoms with Crippen LogP contribution in [0.4, 0.5) is 0 Å². The zero-order valence-corrected chi connectivity index (χ0v) is 22.0. The third kappa shape index (κ3) is 6.93. The van der Waals surface area contributed by atoms with Gasteiger partial charge in [0.15, 0.2) is 5.69 Å². The molecule has 12 heteroatoms. The minimum atomic E-state index is -3.32. The van der Waals surface area contributed by atoms with Gasteiger partial charge in [-0.05, 0) is 43.7 Å². The van der Waals surface area contributed by atoms with Crippen LogP contribution in [-0.2, 0) is 21.4 Å². The Balaban J connectivity index is 1.72. The molecule has 3 rings (SSSR count). The molecule has 1 saturated carbocycles. The van der Waals surface area contributed by atoms with Crippen molar-refractivity contribution in [3.8, 4) is 0 Å². The smallest absolute Gasteiger partial charge is 0.273 e. The van der Waals surface area contributed by atoms with E-state index in [9.17, 15) is 18.0 Å². The number of halogens is 1. The maximum Gasteiger partial charge on any atom is 0.273 e. The number of unbranched alkanes of at least 4 members (excludes halogenated alkanes) is 1. The number of aromatic nitrogens is 2. The Bertz CT molecular complexity index is 1170. The first-order valence-corrected chi connectivity index (χ1v) is 13.8. The highest BCUT2D eigenvalue weighted by Gasteiger charge is 2.36. The molecule has 10 nitrogen and oxygen atoms in total. The molecule has 1 heterocycles.